The Morgan fingerprint density at radius 2 is 1.75 bits per heavy atom. The van der Waals surface area contributed by atoms with Gasteiger partial charge in [-0.15, -0.1) is 11.3 Å². The van der Waals surface area contributed by atoms with Gasteiger partial charge in [0.1, 0.15) is 11.9 Å². The summed E-state index contributed by atoms with van der Waals surface area (Å²) in [6.45, 7) is 6.05. The van der Waals surface area contributed by atoms with Crippen LogP contribution < -0.4 is 15.4 Å². The maximum Gasteiger partial charge on any atom is 0.262 e. The molecule has 3 N–H and O–H groups in total. The van der Waals surface area contributed by atoms with Crippen LogP contribution in [0.3, 0.4) is 0 Å². The summed E-state index contributed by atoms with van der Waals surface area (Å²) in [7, 11) is -3.74. The highest BCUT2D eigenvalue weighted by atomic mass is 32.2. The largest absolute Gasteiger partial charge is 0.354 e. The van der Waals surface area contributed by atoms with Gasteiger partial charge in [-0.1, -0.05) is 32.0 Å². The molecule has 0 aliphatic carbocycles. The van der Waals surface area contributed by atoms with E-state index in [1.54, 1.807) is 6.92 Å². The monoisotopic (exact) mass is 533 g/mol. The molecule has 0 saturated carbocycles. The molecule has 0 fully saturated rings. The Kier molecular flexibility index (Phi) is 9.58. The van der Waals surface area contributed by atoms with Gasteiger partial charge in [0.05, 0.1) is 9.77 Å². The highest BCUT2D eigenvalue weighted by Crippen LogP contribution is 2.25. The predicted molar refractivity (Wildman–Crippen MR) is 141 cm³/mol. The molecule has 2 aromatic carbocycles. The molecule has 3 rings (SSSR count). The standard InChI is InChI=1S/C26H32FN3O4S2/c1-17(2)14-21(30-26(32)23-16-19-8-4-5-9-22(19)35-23)25(31)28-12-6-7-13-29-36(33,34)24-11-10-20(27)15-18(24)3/h4-5,8-11,15-17,21,29H,6-7,12-14H2,1-3H3,(H,28,31)(H,30,32)/t21-/m0/s1. The molecule has 1 heterocycles. The zero-order valence-corrected chi connectivity index (χ0v) is 22.3. The number of carbonyl (C=O) groups excluding carboxylic acids is 2. The fraction of sp³-hybridized carbons (Fsp3) is 0.385. The van der Waals surface area contributed by atoms with Crippen molar-refractivity contribution >= 4 is 43.3 Å². The number of halogens is 1. The second-order valence-electron chi connectivity index (χ2n) is 9.11. The topological polar surface area (TPSA) is 104 Å². The van der Waals surface area contributed by atoms with E-state index in [1.165, 1.54) is 23.5 Å². The maximum atomic E-state index is 13.2. The molecule has 10 heteroatoms. The Morgan fingerprint density at radius 1 is 1.03 bits per heavy atom. The fourth-order valence-electron chi connectivity index (χ4n) is 3.81. The van der Waals surface area contributed by atoms with E-state index in [1.807, 2.05) is 44.2 Å². The number of fused-ring (bicyclic) bond motifs is 1. The first-order chi connectivity index (χ1) is 17.1. The SMILES string of the molecule is Cc1cc(F)ccc1S(=O)(=O)NCCCCNC(=O)[C@H](CC(C)C)NC(=O)c1cc2ccccc2s1. The number of rotatable bonds is 12. The fourth-order valence-corrected chi connectivity index (χ4v) is 6.07. The van der Waals surface area contributed by atoms with Crippen molar-refractivity contribution < 1.29 is 22.4 Å². The second-order valence-corrected chi connectivity index (χ2v) is 11.9. The maximum absolute atomic E-state index is 13.2. The van der Waals surface area contributed by atoms with Crippen LogP contribution in [-0.2, 0) is 14.8 Å². The molecule has 0 bridgehead atoms. The molecule has 7 nitrogen and oxygen atoms in total. The van der Waals surface area contributed by atoms with Crippen molar-refractivity contribution in [2.45, 2.75) is 51.0 Å². The van der Waals surface area contributed by atoms with Crippen molar-refractivity contribution in [2.75, 3.05) is 13.1 Å². The molecular weight excluding hydrogens is 501 g/mol. The second kappa shape index (κ2) is 12.4. The highest BCUT2D eigenvalue weighted by Gasteiger charge is 2.23. The Hall–Kier alpha value is -2.82. The normalized spacial score (nSPS) is 12.6. The summed E-state index contributed by atoms with van der Waals surface area (Å²) in [6, 6.07) is 12.4. The Labute approximate surface area is 215 Å². The van der Waals surface area contributed by atoms with Gasteiger partial charge in [0.25, 0.3) is 5.91 Å². The number of amides is 2. The average Bonchev–Trinajstić information content (AvgIpc) is 3.24. The van der Waals surface area contributed by atoms with E-state index in [4.69, 9.17) is 0 Å². The summed E-state index contributed by atoms with van der Waals surface area (Å²) in [5.74, 6) is -0.825. The third-order valence-corrected chi connectivity index (χ3v) is 8.34. The number of sulfonamides is 1. The van der Waals surface area contributed by atoms with E-state index in [0.717, 1.165) is 16.2 Å². The van der Waals surface area contributed by atoms with Crippen molar-refractivity contribution in [1.82, 2.24) is 15.4 Å². The van der Waals surface area contributed by atoms with Gasteiger partial charge in [-0.05, 0) is 73.4 Å². The van der Waals surface area contributed by atoms with E-state index in [2.05, 4.69) is 15.4 Å². The summed E-state index contributed by atoms with van der Waals surface area (Å²) in [5, 5.41) is 6.70. The van der Waals surface area contributed by atoms with Gasteiger partial charge in [0, 0.05) is 17.8 Å². The summed E-state index contributed by atoms with van der Waals surface area (Å²) < 4.78 is 41.6. The van der Waals surface area contributed by atoms with Crippen LogP contribution in [0.4, 0.5) is 4.39 Å². The van der Waals surface area contributed by atoms with Gasteiger partial charge in [0.2, 0.25) is 15.9 Å². The third kappa shape index (κ3) is 7.59. The molecule has 0 unspecified atom stereocenters. The van der Waals surface area contributed by atoms with E-state index in [-0.39, 0.29) is 29.2 Å². The Balaban J connectivity index is 1.47. The third-order valence-electron chi connectivity index (χ3n) is 5.60. The van der Waals surface area contributed by atoms with Crippen molar-refractivity contribution in [3.63, 3.8) is 0 Å². The molecule has 0 radical (unpaired) electrons. The lowest BCUT2D eigenvalue weighted by atomic mass is 10.0. The molecule has 0 spiro atoms. The summed E-state index contributed by atoms with van der Waals surface area (Å²) in [4.78, 5) is 26.2. The minimum absolute atomic E-state index is 0.0445. The van der Waals surface area contributed by atoms with Crippen molar-refractivity contribution in [2.24, 2.45) is 5.92 Å². The van der Waals surface area contributed by atoms with E-state index < -0.39 is 21.9 Å². The Morgan fingerprint density at radius 3 is 2.44 bits per heavy atom. The van der Waals surface area contributed by atoms with Crippen LogP contribution in [0.15, 0.2) is 53.4 Å². The molecule has 0 saturated heterocycles. The van der Waals surface area contributed by atoms with Gasteiger partial charge in [-0.3, -0.25) is 9.59 Å². The van der Waals surface area contributed by atoms with Gasteiger partial charge >= 0.3 is 0 Å². The van der Waals surface area contributed by atoms with Crippen molar-refractivity contribution in [3.8, 4) is 0 Å². The van der Waals surface area contributed by atoms with Gasteiger partial charge < -0.3 is 10.6 Å². The molecule has 36 heavy (non-hydrogen) atoms. The lowest BCUT2D eigenvalue weighted by Crippen LogP contribution is -2.47. The van der Waals surface area contributed by atoms with Gasteiger partial charge in [0.15, 0.2) is 0 Å². The smallest absolute Gasteiger partial charge is 0.262 e. The van der Waals surface area contributed by atoms with E-state index in [0.29, 0.717) is 36.2 Å². The summed E-state index contributed by atoms with van der Waals surface area (Å²) in [5.41, 5.74) is 0.337. The number of unbranched alkanes of at least 4 members (excludes halogenated alkanes) is 1. The number of hydrogen-bond acceptors (Lipinski definition) is 5. The van der Waals surface area contributed by atoms with E-state index in [9.17, 15) is 22.4 Å². The van der Waals surface area contributed by atoms with Crippen LogP contribution in [0.25, 0.3) is 10.1 Å². The molecule has 194 valence electrons. The van der Waals surface area contributed by atoms with Crippen LogP contribution in [-0.4, -0.2) is 39.4 Å². The first-order valence-corrected chi connectivity index (χ1v) is 14.2. The van der Waals surface area contributed by atoms with Crippen LogP contribution >= 0.6 is 11.3 Å². The first kappa shape index (κ1) is 27.8. The molecule has 2 amide bonds. The first-order valence-electron chi connectivity index (χ1n) is 11.9. The Bertz CT molecular complexity index is 1290. The summed E-state index contributed by atoms with van der Waals surface area (Å²) >= 11 is 1.39. The molecule has 1 aromatic heterocycles. The van der Waals surface area contributed by atoms with E-state index >= 15 is 0 Å². The number of thiophene rings is 1. The number of carbonyl (C=O) groups is 2. The van der Waals surface area contributed by atoms with Crippen LogP contribution in [0.1, 0.15) is 48.3 Å². The minimum Gasteiger partial charge on any atom is -0.354 e. The molecule has 0 aliphatic heterocycles. The van der Waals surface area contributed by atoms with Crippen LogP contribution in [0, 0.1) is 18.7 Å². The average molecular weight is 534 g/mol. The minimum atomic E-state index is -3.74. The quantitative estimate of drug-likeness (QED) is 0.301. The van der Waals surface area contributed by atoms with Gasteiger partial charge in [-0.25, -0.2) is 17.5 Å². The zero-order chi connectivity index (χ0) is 26.3. The van der Waals surface area contributed by atoms with Crippen molar-refractivity contribution in [1.29, 1.82) is 0 Å². The molecule has 3 aromatic rings. The van der Waals surface area contributed by atoms with Crippen LogP contribution in [0.5, 0.6) is 0 Å². The lowest BCUT2D eigenvalue weighted by Gasteiger charge is -2.20. The number of hydrogen-bond donors (Lipinski definition) is 3. The number of benzene rings is 2. The van der Waals surface area contributed by atoms with Crippen molar-refractivity contribution in [3.05, 3.63) is 64.8 Å². The highest BCUT2D eigenvalue weighted by molar-refractivity contribution is 7.89. The van der Waals surface area contributed by atoms with Gasteiger partial charge in [-0.2, -0.15) is 0 Å². The molecule has 1 atom stereocenters. The summed E-state index contributed by atoms with van der Waals surface area (Å²) in [6.07, 6.45) is 1.55. The zero-order valence-electron chi connectivity index (χ0n) is 20.6. The number of nitrogens with one attached hydrogen (secondary N) is 3. The molecular formula is C26H32FN3O4S2. The predicted octanol–water partition coefficient (Wildman–Crippen LogP) is 4.37. The van der Waals surface area contributed by atoms with Crippen LogP contribution in [0.2, 0.25) is 0 Å². The lowest BCUT2D eigenvalue weighted by molar-refractivity contribution is -0.123. The molecule has 0 aliphatic rings. The number of aryl methyl sites for hydroxylation is 1.